The van der Waals surface area contributed by atoms with Gasteiger partial charge in [0, 0.05) is 6.42 Å². The van der Waals surface area contributed by atoms with Crippen molar-refractivity contribution < 1.29 is 14.6 Å². The van der Waals surface area contributed by atoms with Crippen molar-refractivity contribution in [2.75, 3.05) is 0 Å². The van der Waals surface area contributed by atoms with Crippen molar-refractivity contribution in [3.8, 4) is 11.4 Å². The Morgan fingerprint density at radius 1 is 1.12 bits per heavy atom. The van der Waals surface area contributed by atoms with Gasteiger partial charge in [-0.15, -0.1) is 0 Å². The SMILES string of the molecule is Cc1cc(COc2ccc(CCCC(=O)O)cc2)n(-c2ccccc2)n1. The Morgan fingerprint density at radius 3 is 2.54 bits per heavy atom. The number of hydrogen-bond donors (Lipinski definition) is 1. The maximum Gasteiger partial charge on any atom is 0.303 e. The van der Waals surface area contributed by atoms with Gasteiger partial charge >= 0.3 is 5.97 Å². The zero-order valence-corrected chi connectivity index (χ0v) is 14.8. The van der Waals surface area contributed by atoms with Crippen molar-refractivity contribution in [2.45, 2.75) is 32.8 Å². The molecule has 0 aliphatic carbocycles. The summed E-state index contributed by atoms with van der Waals surface area (Å²) < 4.78 is 7.81. The molecule has 0 spiro atoms. The first-order valence-electron chi connectivity index (χ1n) is 8.66. The molecule has 0 saturated heterocycles. The highest BCUT2D eigenvalue weighted by molar-refractivity contribution is 5.66. The molecule has 0 amide bonds. The predicted octanol–water partition coefficient (Wildman–Crippen LogP) is 4.17. The summed E-state index contributed by atoms with van der Waals surface area (Å²) in [5.41, 5.74) is 4.05. The highest BCUT2D eigenvalue weighted by atomic mass is 16.5. The molecule has 1 N–H and O–H groups in total. The molecule has 0 atom stereocenters. The summed E-state index contributed by atoms with van der Waals surface area (Å²) in [4.78, 5) is 10.6. The molecule has 26 heavy (non-hydrogen) atoms. The fourth-order valence-electron chi connectivity index (χ4n) is 2.80. The van der Waals surface area contributed by atoms with Gasteiger partial charge < -0.3 is 9.84 Å². The van der Waals surface area contributed by atoms with E-state index in [-0.39, 0.29) is 6.42 Å². The van der Waals surface area contributed by atoms with Gasteiger partial charge in [0.25, 0.3) is 0 Å². The molecular weight excluding hydrogens is 328 g/mol. The lowest BCUT2D eigenvalue weighted by atomic mass is 10.1. The monoisotopic (exact) mass is 350 g/mol. The molecule has 5 nitrogen and oxygen atoms in total. The number of aromatic nitrogens is 2. The average molecular weight is 350 g/mol. The largest absolute Gasteiger partial charge is 0.487 e. The van der Waals surface area contributed by atoms with Crippen LogP contribution in [0.5, 0.6) is 5.75 Å². The third-order valence-corrected chi connectivity index (χ3v) is 4.07. The van der Waals surface area contributed by atoms with E-state index in [1.807, 2.05) is 72.3 Å². The van der Waals surface area contributed by atoms with Crippen LogP contribution in [0.3, 0.4) is 0 Å². The number of ether oxygens (including phenoxy) is 1. The number of aliphatic carboxylic acids is 1. The Bertz CT molecular complexity index is 855. The molecule has 2 aromatic carbocycles. The Labute approximate surface area is 152 Å². The summed E-state index contributed by atoms with van der Waals surface area (Å²) in [6, 6.07) is 19.8. The first kappa shape index (κ1) is 17.7. The lowest BCUT2D eigenvalue weighted by Crippen LogP contribution is -2.05. The van der Waals surface area contributed by atoms with Crippen LogP contribution in [0.15, 0.2) is 60.7 Å². The molecular formula is C21H22N2O3. The minimum atomic E-state index is -0.754. The third kappa shape index (κ3) is 4.72. The van der Waals surface area contributed by atoms with Crippen molar-refractivity contribution in [3.63, 3.8) is 0 Å². The molecule has 0 radical (unpaired) electrons. The van der Waals surface area contributed by atoms with Crippen LogP contribution < -0.4 is 4.74 Å². The molecule has 0 bridgehead atoms. The van der Waals surface area contributed by atoms with Gasteiger partial charge in [0.1, 0.15) is 12.4 Å². The minimum absolute atomic E-state index is 0.196. The van der Waals surface area contributed by atoms with Crippen molar-refractivity contribution in [2.24, 2.45) is 0 Å². The molecule has 0 aliphatic rings. The van der Waals surface area contributed by atoms with E-state index in [1.54, 1.807) is 0 Å². The number of rotatable bonds is 8. The molecule has 1 heterocycles. The molecule has 5 heteroatoms. The predicted molar refractivity (Wildman–Crippen MR) is 99.6 cm³/mol. The highest BCUT2D eigenvalue weighted by Gasteiger charge is 2.08. The minimum Gasteiger partial charge on any atom is -0.487 e. The second-order valence-corrected chi connectivity index (χ2v) is 6.20. The number of carbonyl (C=O) groups is 1. The van der Waals surface area contributed by atoms with Crippen LogP contribution in [0.1, 0.15) is 29.8 Å². The van der Waals surface area contributed by atoms with Crippen molar-refractivity contribution in [1.82, 2.24) is 9.78 Å². The average Bonchev–Trinajstić information content (AvgIpc) is 3.02. The van der Waals surface area contributed by atoms with Crippen LogP contribution in [0.4, 0.5) is 0 Å². The summed E-state index contributed by atoms with van der Waals surface area (Å²) >= 11 is 0. The van der Waals surface area contributed by atoms with Gasteiger partial charge in [-0.3, -0.25) is 4.79 Å². The first-order valence-corrected chi connectivity index (χ1v) is 8.66. The van der Waals surface area contributed by atoms with Gasteiger partial charge in [-0.25, -0.2) is 4.68 Å². The van der Waals surface area contributed by atoms with Crippen molar-refractivity contribution in [3.05, 3.63) is 77.6 Å². The molecule has 0 unspecified atom stereocenters. The van der Waals surface area contributed by atoms with Gasteiger partial charge in [-0.1, -0.05) is 30.3 Å². The van der Waals surface area contributed by atoms with Crippen LogP contribution in [-0.4, -0.2) is 20.9 Å². The molecule has 0 saturated carbocycles. The number of para-hydroxylation sites is 1. The van der Waals surface area contributed by atoms with Gasteiger partial charge in [0.05, 0.1) is 17.1 Å². The smallest absolute Gasteiger partial charge is 0.303 e. The lowest BCUT2D eigenvalue weighted by Gasteiger charge is -2.10. The topological polar surface area (TPSA) is 64.3 Å². The Hall–Kier alpha value is -3.08. The zero-order chi connectivity index (χ0) is 18.4. The van der Waals surface area contributed by atoms with E-state index < -0.39 is 5.97 Å². The maximum absolute atomic E-state index is 10.6. The van der Waals surface area contributed by atoms with E-state index in [2.05, 4.69) is 5.10 Å². The van der Waals surface area contributed by atoms with E-state index in [0.29, 0.717) is 13.0 Å². The number of aryl methyl sites for hydroxylation is 2. The summed E-state index contributed by atoms with van der Waals surface area (Å²) in [7, 11) is 0. The second kappa shape index (κ2) is 8.34. The number of nitrogens with zero attached hydrogens (tertiary/aromatic N) is 2. The Balaban J connectivity index is 1.62. The molecule has 0 fully saturated rings. The van der Waals surface area contributed by atoms with E-state index >= 15 is 0 Å². The number of carboxylic acid groups (broad SMARTS) is 1. The quantitative estimate of drug-likeness (QED) is 0.662. The second-order valence-electron chi connectivity index (χ2n) is 6.20. The van der Waals surface area contributed by atoms with E-state index in [4.69, 9.17) is 9.84 Å². The molecule has 3 rings (SSSR count). The summed E-state index contributed by atoms with van der Waals surface area (Å²) in [5.74, 6) is 0.0284. The molecule has 1 aromatic heterocycles. The van der Waals surface area contributed by atoms with Crippen molar-refractivity contribution in [1.29, 1.82) is 0 Å². The highest BCUT2D eigenvalue weighted by Crippen LogP contribution is 2.18. The summed E-state index contributed by atoms with van der Waals surface area (Å²) in [6.07, 6.45) is 1.60. The van der Waals surface area contributed by atoms with Crippen LogP contribution >= 0.6 is 0 Å². The first-order chi connectivity index (χ1) is 12.6. The van der Waals surface area contributed by atoms with Gasteiger partial charge in [-0.2, -0.15) is 5.10 Å². The lowest BCUT2D eigenvalue weighted by molar-refractivity contribution is -0.137. The van der Waals surface area contributed by atoms with E-state index in [9.17, 15) is 4.79 Å². The Kier molecular flexibility index (Phi) is 5.69. The van der Waals surface area contributed by atoms with Gasteiger partial charge in [0.2, 0.25) is 0 Å². The number of carboxylic acids is 1. The fraction of sp³-hybridized carbons (Fsp3) is 0.238. The fourth-order valence-corrected chi connectivity index (χ4v) is 2.80. The third-order valence-electron chi connectivity index (χ3n) is 4.07. The van der Waals surface area contributed by atoms with Crippen LogP contribution in [-0.2, 0) is 17.8 Å². The van der Waals surface area contributed by atoms with Gasteiger partial charge in [0.15, 0.2) is 0 Å². The summed E-state index contributed by atoms with van der Waals surface area (Å²) in [5, 5.41) is 13.2. The standard InChI is InChI=1S/C21H22N2O3/c1-16-14-19(23(22-16)18-7-3-2-4-8-18)15-26-20-12-10-17(11-13-20)6-5-9-21(24)25/h2-4,7-8,10-14H,5-6,9,15H2,1H3,(H,24,25). The molecule has 0 aliphatic heterocycles. The van der Waals surface area contributed by atoms with E-state index in [0.717, 1.165) is 34.8 Å². The Morgan fingerprint density at radius 2 is 1.85 bits per heavy atom. The van der Waals surface area contributed by atoms with Crippen LogP contribution in [0.25, 0.3) is 5.69 Å². The number of benzene rings is 2. The summed E-state index contributed by atoms with van der Waals surface area (Å²) in [6.45, 7) is 2.39. The van der Waals surface area contributed by atoms with Crippen molar-refractivity contribution >= 4 is 5.97 Å². The number of hydrogen-bond acceptors (Lipinski definition) is 3. The normalized spacial score (nSPS) is 10.7. The van der Waals surface area contributed by atoms with Gasteiger partial charge in [-0.05, 0) is 55.7 Å². The molecule has 3 aromatic rings. The molecule has 134 valence electrons. The zero-order valence-electron chi connectivity index (χ0n) is 14.8. The van der Waals surface area contributed by atoms with E-state index in [1.165, 1.54) is 0 Å². The maximum atomic E-state index is 10.6. The van der Waals surface area contributed by atoms with Crippen LogP contribution in [0, 0.1) is 6.92 Å². The van der Waals surface area contributed by atoms with Crippen LogP contribution in [0.2, 0.25) is 0 Å².